The Balaban J connectivity index is 1.76. The zero-order valence-electron chi connectivity index (χ0n) is 11.5. The van der Waals surface area contributed by atoms with Gasteiger partial charge in [-0.1, -0.05) is 29.8 Å². The van der Waals surface area contributed by atoms with E-state index in [9.17, 15) is 13.5 Å². The Morgan fingerprint density at radius 3 is 2.71 bits per heavy atom. The summed E-state index contributed by atoms with van der Waals surface area (Å²) in [6, 6.07) is 7.15. The molecule has 1 N–H and O–H groups in total. The Labute approximate surface area is 129 Å². The molecule has 0 unspecified atom stereocenters. The smallest absolute Gasteiger partial charge is 0.154 e. The summed E-state index contributed by atoms with van der Waals surface area (Å²) in [6.07, 6.45) is -1.01. The molecule has 0 aliphatic carbocycles. The highest BCUT2D eigenvalue weighted by Crippen LogP contribution is 2.30. The van der Waals surface area contributed by atoms with Crippen LogP contribution in [0, 0.1) is 0 Å². The molecule has 0 saturated carbocycles. The van der Waals surface area contributed by atoms with Crippen LogP contribution in [0.25, 0.3) is 0 Å². The lowest BCUT2D eigenvalue weighted by molar-refractivity contribution is -0.0567. The molecule has 2 heterocycles. The van der Waals surface area contributed by atoms with Gasteiger partial charge in [0.1, 0.15) is 0 Å². The molecule has 0 radical (unpaired) electrons. The molecular formula is C14H18ClNO4S. The van der Waals surface area contributed by atoms with Crippen LogP contribution >= 0.6 is 11.6 Å². The van der Waals surface area contributed by atoms with Crippen molar-refractivity contribution in [1.82, 2.24) is 4.90 Å². The van der Waals surface area contributed by atoms with Crippen molar-refractivity contribution in [3.63, 3.8) is 0 Å². The van der Waals surface area contributed by atoms with Crippen molar-refractivity contribution < 1.29 is 18.3 Å². The minimum absolute atomic E-state index is 0.0173. The fourth-order valence-electron chi connectivity index (χ4n) is 3.05. The first-order valence-corrected chi connectivity index (χ1v) is 9.15. The molecule has 2 aliphatic rings. The van der Waals surface area contributed by atoms with Gasteiger partial charge >= 0.3 is 0 Å². The molecule has 7 heteroatoms. The lowest BCUT2D eigenvalue weighted by Gasteiger charge is -2.37. The van der Waals surface area contributed by atoms with E-state index in [0.717, 1.165) is 5.56 Å². The normalized spacial score (nSPS) is 33.1. The molecule has 2 fully saturated rings. The van der Waals surface area contributed by atoms with Crippen LogP contribution in [0.4, 0.5) is 0 Å². The molecule has 1 aromatic rings. The second-order valence-corrected chi connectivity index (χ2v) is 8.15. The molecule has 116 valence electrons. The molecule has 1 aromatic carbocycles. The Kier molecular flexibility index (Phi) is 4.25. The van der Waals surface area contributed by atoms with Crippen molar-refractivity contribution in [3.8, 4) is 0 Å². The van der Waals surface area contributed by atoms with Crippen LogP contribution in [0.1, 0.15) is 11.7 Å². The van der Waals surface area contributed by atoms with Gasteiger partial charge in [0, 0.05) is 23.7 Å². The van der Waals surface area contributed by atoms with Crippen molar-refractivity contribution >= 4 is 21.4 Å². The highest BCUT2D eigenvalue weighted by Gasteiger charge is 2.41. The molecule has 5 nitrogen and oxygen atoms in total. The Morgan fingerprint density at radius 1 is 1.29 bits per heavy atom. The minimum Gasteiger partial charge on any atom is -0.390 e. The molecule has 0 aromatic heterocycles. The summed E-state index contributed by atoms with van der Waals surface area (Å²) in [6.45, 7) is 1.67. The molecular weight excluding hydrogens is 314 g/mol. The quantitative estimate of drug-likeness (QED) is 0.871. The number of hydrogen-bond donors (Lipinski definition) is 1. The predicted molar refractivity (Wildman–Crippen MR) is 80.2 cm³/mol. The third kappa shape index (κ3) is 3.24. The summed E-state index contributed by atoms with van der Waals surface area (Å²) in [5.74, 6) is -0.130. The lowest BCUT2D eigenvalue weighted by atomic mass is 10.1. The number of sulfone groups is 1. The first kappa shape index (κ1) is 15.2. The van der Waals surface area contributed by atoms with Gasteiger partial charge in [0.25, 0.3) is 0 Å². The van der Waals surface area contributed by atoms with Gasteiger partial charge in [-0.2, -0.15) is 0 Å². The second kappa shape index (κ2) is 5.85. The van der Waals surface area contributed by atoms with Gasteiger partial charge < -0.3 is 9.84 Å². The van der Waals surface area contributed by atoms with Gasteiger partial charge in [-0.3, -0.25) is 4.90 Å². The number of aliphatic hydroxyl groups is 1. The zero-order valence-corrected chi connectivity index (χ0v) is 13.1. The van der Waals surface area contributed by atoms with Crippen molar-refractivity contribution in [1.29, 1.82) is 0 Å². The predicted octanol–water partition coefficient (Wildman–Crippen LogP) is 0.871. The topological polar surface area (TPSA) is 66.8 Å². The van der Waals surface area contributed by atoms with Crippen LogP contribution < -0.4 is 0 Å². The second-order valence-electron chi connectivity index (χ2n) is 5.59. The van der Waals surface area contributed by atoms with E-state index in [1.54, 1.807) is 0 Å². The Hall–Kier alpha value is -0.660. The highest BCUT2D eigenvalue weighted by atomic mass is 35.5. The number of halogens is 1. The number of morpholine rings is 1. The van der Waals surface area contributed by atoms with Gasteiger partial charge in [0.15, 0.2) is 9.84 Å². The van der Waals surface area contributed by atoms with Crippen molar-refractivity contribution in [2.24, 2.45) is 0 Å². The maximum absolute atomic E-state index is 11.7. The minimum atomic E-state index is -3.14. The van der Waals surface area contributed by atoms with Gasteiger partial charge in [-0.25, -0.2) is 8.42 Å². The maximum Gasteiger partial charge on any atom is 0.154 e. The van der Waals surface area contributed by atoms with Crippen molar-refractivity contribution in [2.45, 2.75) is 18.2 Å². The highest BCUT2D eigenvalue weighted by molar-refractivity contribution is 7.91. The largest absolute Gasteiger partial charge is 0.390 e. The van der Waals surface area contributed by atoms with Gasteiger partial charge in [-0.15, -0.1) is 0 Å². The lowest BCUT2D eigenvalue weighted by Crippen LogP contribution is -2.49. The number of aliphatic hydroxyl groups excluding tert-OH is 1. The number of benzene rings is 1. The number of rotatable bonds is 2. The van der Waals surface area contributed by atoms with E-state index < -0.39 is 15.9 Å². The summed E-state index contributed by atoms with van der Waals surface area (Å²) >= 11 is 6.20. The molecule has 0 spiro atoms. The summed E-state index contributed by atoms with van der Waals surface area (Å²) in [5.41, 5.74) is 0.902. The fourth-order valence-corrected chi connectivity index (χ4v) is 5.14. The van der Waals surface area contributed by atoms with Crippen molar-refractivity contribution in [3.05, 3.63) is 34.9 Å². The van der Waals surface area contributed by atoms with Crippen LogP contribution in [0.3, 0.4) is 0 Å². The van der Waals surface area contributed by atoms with Gasteiger partial charge in [0.2, 0.25) is 0 Å². The van der Waals surface area contributed by atoms with Crippen LogP contribution in [-0.4, -0.2) is 61.8 Å². The molecule has 0 bridgehead atoms. The standard InChI is InChI=1S/C14H18ClNO4S/c15-11-4-2-1-3-10(11)14-7-16(5-6-20-14)12-8-21(18,19)9-13(12)17/h1-4,12-14,17H,5-9H2/t12-,13-,14-/m0/s1. The van der Waals surface area contributed by atoms with Crippen LogP contribution in [0.2, 0.25) is 5.02 Å². The average molecular weight is 332 g/mol. The number of hydrogen-bond acceptors (Lipinski definition) is 5. The monoisotopic (exact) mass is 331 g/mol. The molecule has 3 atom stereocenters. The summed E-state index contributed by atoms with van der Waals surface area (Å²) < 4.78 is 29.1. The summed E-state index contributed by atoms with van der Waals surface area (Å²) in [7, 11) is -3.14. The van der Waals surface area contributed by atoms with E-state index >= 15 is 0 Å². The molecule has 2 aliphatic heterocycles. The van der Waals surface area contributed by atoms with E-state index in [1.165, 1.54) is 0 Å². The Morgan fingerprint density at radius 2 is 2.05 bits per heavy atom. The third-order valence-electron chi connectivity index (χ3n) is 4.11. The van der Waals surface area contributed by atoms with Gasteiger partial charge in [0.05, 0.1) is 36.4 Å². The first-order valence-electron chi connectivity index (χ1n) is 6.95. The first-order chi connectivity index (χ1) is 9.96. The zero-order chi connectivity index (χ0) is 15.0. The fraction of sp³-hybridized carbons (Fsp3) is 0.571. The number of ether oxygens (including phenoxy) is 1. The number of nitrogens with zero attached hydrogens (tertiary/aromatic N) is 1. The van der Waals surface area contributed by atoms with Crippen LogP contribution in [0.15, 0.2) is 24.3 Å². The molecule has 21 heavy (non-hydrogen) atoms. The van der Waals surface area contributed by atoms with Crippen LogP contribution in [0.5, 0.6) is 0 Å². The van der Waals surface area contributed by atoms with Crippen molar-refractivity contribution in [2.75, 3.05) is 31.2 Å². The summed E-state index contributed by atoms with van der Waals surface area (Å²) in [5, 5.41) is 10.6. The molecule has 2 saturated heterocycles. The molecule has 3 rings (SSSR count). The Bertz CT molecular complexity index is 621. The SMILES string of the molecule is O=S1(=O)C[C@H](O)[C@@H](N2CCO[C@H](c3ccccc3Cl)C2)C1. The van der Waals surface area contributed by atoms with E-state index in [1.807, 2.05) is 29.2 Å². The van der Waals surface area contributed by atoms with E-state index in [4.69, 9.17) is 16.3 Å². The maximum atomic E-state index is 11.7. The van der Waals surface area contributed by atoms with E-state index in [2.05, 4.69) is 0 Å². The van der Waals surface area contributed by atoms with E-state index in [0.29, 0.717) is 24.7 Å². The third-order valence-corrected chi connectivity index (χ3v) is 6.16. The summed E-state index contributed by atoms with van der Waals surface area (Å²) in [4.78, 5) is 2.01. The van der Waals surface area contributed by atoms with Crippen LogP contribution in [-0.2, 0) is 14.6 Å². The van der Waals surface area contributed by atoms with E-state index in [-0.39, 0.29) is 23.7 Å². The average Bonchev–Trinajstić information content (AvgIpc) is 2.73. The van der Waals surface area contributed by atoms with Gasteiger partial charge in [-0.05, 0) is 6.07 Å². The molecule has 0 amide bonds.